The van der Waals surface area contributed by atoms with Gasteiger partial charge in [0.2, 0.25) is 6.41 Å². The molecule has 0 atom stereocenters. The molecule has 0 radical (unpaired) electrons. The predicted molar refractivity (Wildman–Crippen MR) is 67.4 cm³/mol. The smallest absolute Gasteiger partial charge is 0.341 e. The van der Waals surface area contributed by atoms with E-state index in [0.29, 0.717) is 25.9 Å². The van der Waals surface area contributed by atoms with Crippen LogP contribution in [0.3, 0.4) is 0 Å². The van der Waals surface area contributed by atoms with Gasteiger partial charge in [-0.25, -0.2) is 13.6 Å². The van der Waals surface area contributed by atoms with Gasteiger partial charge in [0.15, 0.2) is 0 Å². The van der Waals surface area contributed by atoms with Crippen LogP contribution in [-0.4, -0.2) is 36.5 Å². The molecule has 0 N–H and O–H groups in total. The highest BCUT2D eigenvalue weighted by Gasteiger charge is 2.24. The third kappa shape index (κ3) is 3.25. The summed E-state index contributed by atoms with van der Waals surface area (Å²) >= 11 is 5.41. The zero-order valence-corrected chi connectivity index (χ0v) is 11.2. The van der Waals surface area contributed by atoms with E-state index in [1.165, 1.54) is 0 Å². The van der Waals surface area contributed by atoms with Crippen LogP contribution in [0.2, 0.25) is 5.02 Å². The van der Waals surface area contributed by atoms with Gasteiger partial charge in [0.05, 0.1) is 10.6 Å². The van der Waals surface area contributed by atoms with Gasteiger partial charge in [0.25, 0.3) is 0 Å². The van der Waals surface area contributed by atoms with Crippen molar-refractivity contribution in [2.45, 2.75) is 18.9 Å². The van der Waals surface area contributed by atoms with Gasteiger partial charge >= 0.3 is 5.97 Å². The fourth-order valence-corrected chi connectivity index (χ4v) is 2.14. The fourth-order valence-electron chi connectivity index (χ4n) is 1.99. The standard InChI is InChI=1S/C13H12ClF2NO3/c14-10-6-11(15)9(5-12(10)16)13(19)20-8-1-3-17(7-18)4-2-8/h5-8H,1-4H2. The fraction of sp³-hybridized carbons (Fsp3) is 0.385. The molecule has 1 amide bonds. The molecule has 0 unspecified atom stereocenters. The van der Waals surface area contributed by atoms with Crippen LogP contribution in [0.15, 0.2) is 12.1 Å². The molecule has 0 saturated carbocycles. The van der Waals surface area contributed by atoms with E-state index in [1.807, 2.05) is 0 Å². The Bertz CT molecular complexity index is 531. The zero-order valence-electron chi connectivity index (χ0n) is 10.4. The Labute approximate surface area is 119 Å². The summed E-state index contributed by atoms with van der Waals surface area (Å²) in [7, 11) is 0. The maximum absolute atomic E-state index is 13.5. The van der Waals surface area contributed by atoms with Crippen molar-refractivity contribution in [3.63, 3.8) is 0 Å². The number of hydrogen-bond acceptors (Lipinski definition) is 3. The molecule has 0 bridgehead atoms. The van der Waals surface area contributed by atoms with E-state index in [1.54, 1.807) is 4.90 Å². The first-order valence-electron chi connectivity index (χ1n) is 6.06. The molecule has 7 heteroatoms. The molecule has 108 valence electrons. The molecular formula is C13H12ClF2NO3. The topological polar surface area (TPSA) is 46.6 Å². The molecule has 4 nitrogen and oxygen atoms in total. The number of piperidine rings is 1. The van der Waals surface area contributed by atoms with Crippen LogP contribution in [0.25, 0.3) is 0 Å². The minimum atomic E-state index is -0.928. The lowest BCUT2D eigenvalue weighted by molar-refractivity contribution is -0.120. The summed E-state index contributed by atoms with van der Waals surface area (Å²) in [5.74, 6) is -2.73. The Balaban J connectivity index is 2.02. The third-order valence-electron chi connectivity index (χ3n) is 3.13. The quantitative estimate of drug-likeness (QED) is 0.489. The molecule has 20 heavy (non-hydrogen) atoms. The maximum Gasteiger partial charge on any atom is 0.341 e. The van der Waals surface area contributed by atoms with Gasteiger partial charge in [-0.1, -0.05) is 11.6 Å². The number of hydrogen-bond donors (Lipinski definition) is 0. The van der Waals surface area contributed by atoms with Crippen LogP contribution in [0.4, 0.5) is 8.78 Å². The number of benzene rings is 1. The van der Waals surface area contributed by atoms with E-state index in [9.17, 15) is 18.4 Å². The first kappa shape index (κ1) is 14.7. The molecule has 1 aromatic carbocycles. The minimum absolute atomic E-state index is 0.390. The second-order valence-electron chi connectivity index (χ2n) is 4.49. The van der Waals surface area contributed by atoms with E-state index < -0.39 is 34.3 Å². The van der Waals surface area contributed by atoms with Crippen molar-refractivity contribution >= 4 is 24.0 Å². The number of halogens is 3. The molecule has 0 aromatic heterocycles. The maximum atomic E-state index is 13.5. The highest BCUT2D eigenvalue weighted by atomic mass is 35.5. The number of carbonyl (C=O) groups excluding carboxylic acids is 2. The zero-order chi connectivity index (χ0) is 14.7. The molecule has 2 rings (SSSR count). The summed E-state index contributed by atoms with van der Waals surface area (Å²) in [5, 5.41) is -0.390. The molecular weight excluding hydrogens is 292 g/mol. The van der Waals surface area contributed by atoms with Crippen LogP contribution in [0.5, 0.6) is 0 Å². The lowest BCUT2D eigenvalue weighted by Gasteiger charge is -2.28. The molecule has 0 aliphatic carbocycles. The first-order chi connectivity index (χ1) is 9.51. The van der Waals surface area contributed by atoms with Crippen molar-refractivity contribution in [2.75, 3.05) is 13.1 Å². The normalized spacial score (nSPS) is 16.1. The lowest BCUT2D eigenvalue weighted by atomic mass is 10.1. The van der Waals surface area contributed by atoms with Crippen LogP contribution in [0, 0.1) is 11.6 Å². The largest absolute Gasteiger partial charge is 0.459 e. The summed E-state index contributed by atoms with van der Waals surface area (Å²) in [4.78, 5) is 23.9. The SMILES string of the molecule is O=CN1CCC(OC(=O)c2cc(F)c(Cl)cc2F)CC1. The second kappa shape index (κ2) is 6.17. The number of nitrogens with zero attached hydrogens (tertiary/aromatic N) is 1. The van der Waals surface area contributed by atoms with Gasteiger partial charge in [-0.2, -0.15) is 0 Å². The highest BCUT2D eigenvalue weighted by molar-refractivity contribution is 6.30. The van der Waals surface area contributed by atoms with Crippen LogP contribution in [-0.2, 0) is 9.53 Å². The molecule has 1 fully saturated rings. The third-order valence-corrected chi connectivity index (χ3v) is 3.42. The Kier molecular flexibility index (Phi) is 4.54. The van der Waals surface area contributed by atoms with E-state index >= 15 is 0 Å². The molecule has 1 aliphatic rings. The van der Waals surface area contributed by atoms with E-state index in [2.05, 4.69) is 0 Å². The molecule has 0 spiro atoms. The summed E-state index contributed by atoms with van der Waals surface area (Å²) in [5.41, 5.74) is -0.482. The van der Waals surface area contributed by atoms with Crippen LogP contribution < -0.4 is 0 Å². The van der Waals surface area contributed by atoms with Crippen LogP contribution >= 0.6 is 11.6 Å². The van der Waals surface area contributed by atoms with Gasteiger partial charge in [-0.05, 0) is 12.1 Å². The van der Waals surface area contributed by atoms with Crippen molar-refractivity contribution in [1.82, 2.24) is 4.90 Å². The average Bonchev–Trinajstić information content (AvgIpc) is 2.43. The summed E-state index contributed by atoms with van der Waals surface area (Å²) in [6.07, 6.45) is 1.27. The van der Waals surface area contributed by atoms with Crippen LogP contribution in [0.1, 0.15) is 23.2 Å². The Morgan fingerprint density at radius 1 is 1.30 bits per heavy atom. The number of rotatable bonds is 3. The van der Waals surface area contributed by atoms with Gasteiger partial charge < -0.3 is 9.64 Å². The van der Waals surface area contributed by atoms with Crippen molar-refractivity contribution < 1.29 is 23.1 Å². The summed E-state index contributed by atoms with van der Waals surface area (Å²) in [6.45, 7) is 0.942. The Hall–Kier alpha value is -1.69. The highest BCUT2D eigenvalue weighted by Crippen LogP contribution is 2.21. The van der Waals surface area contributed by atoms with E-state index in [-0.39, 0.29) is 0 Å². The Morgan fingerprint density at radius 3 is 2.55 bits per heavy atom. The van der Waals surface area contributed by atoms with Crippen molar-refractivity contribution in [1.29, 1.82) is 0 Å². The number of amides is 1. The average molecular weight is 304 g/mol. The van der Waals surface area contributed by atoms with Crippen molar-refractivity contribution in [2.24, 2.45) is 0 Å². The number of ether oxygens (including phenoxy) is 1. The van der Waals surface area contributed by atoms with Gasteiger partial charge in [-0.15, -0.1) is 0 Å². The molecule has 1 aliphatic heterocycles. The van der Waals surface area contributed by atoms with Crippen molar-refractivity contribution in [3.05, 3.63) is 34.4 Å². The van der Waals surface area contributed by atoms with Crippen molar-refractivity contribution in [3.8, 4) is 0 Å². The first-order valence-corrected chi connectivity index (χ1v) is 6.44. The van der Waals surface area contributed by atoms with Gasteiger partial charge in [-0.3, -0.25) is 4.79 Å². The molecule has 1 aromatic rings. The second-order valence-corrected chi connectivity index (χ2v) is 4.90. The monoisotopic (exact) mass is 303 g/mol. The lowest BCUT2D eigenvalue weighted by Crippen LogP contribution is -2.37. The number of esters is 1. The van der Waals surface area contributed by atoms with E-state index in [4.69, 9.17) is 16.3 Å². The molecule has 1 saturated heterocycles. The van der Waals surface area contributed by atoms with Gasteiger partial charge in [0.1, 0.15) is 17.7 Å². The summed E-state index contributed by atoms with van der Waals surface area (Å²) < 4.78 is 31.9. The minimum Gasteiger partial charge on any atom is -0.459 e. The summed E-state index contributed by atoms with van der Waals surface area (Å²) in [6, 6.07) is 1.46. The number of carbonyl (C=O) groups is 2. The van der Waals surface area contributed by atoms with E-state index in [0.717, 1.165) is 18.5 Å². The molecule has 1 heterocycles. The number of likely N-dealkylation sites (tertiary alicyclic amines) is 1. The van der Waals surface area contributed by atoms with Gasteiger partial charge in [0, 0.05) is 25.9 Å². The predicted octanol–water partition coefficient (Wildman–Crippen LogP) is 2.40. The Morgan fingerprint density at radius 2 is 1.95 bits per heavy atom.